The number of amides is 2. The molecular formula is C50H50F34N2O4S2. The fourth-order valence-corrected chi connectivity index (χ4v) is 9.51. The van der Waals surface area contributed by atoms with E-state index in [1.54, 1.807) is 27.7 Å². The zero-order valence-corrected chi connectivity index (χ0v) is 49.3. The second-order valence-corrected chi connectivity index (χ2v) is 23.5. The zero-order valence-electron chi connectivity index (χ0n) is 47.6. The molecule has 0 bridgehead atoms. The molecule has 0 saturated heterocycles. The van der Waals surface area contributed by atoms with Crippen molar-refractivity contribution in [2.45, 2.75) is 199 Å². The fraction of sp³-hybridized carbons (Fsp3) is 0.720. The summed E-state index contributed by atoms with van der Waals surface area (Å²) in [5.41, 5.74) is 0.0592. The van der Waals surface area contributed by atoms with Gasteiger partial charge >= 0.3 is 95.3 Å². The third-order valence-electron chi connectivity index (χ3n) is 13.3. The van der Waals surface area contributed by atoms with Crippen LogP contribution in [0, 0.1) is 13.8 Å². The molecule has 2 atom stereocenters. The molecule has 92 heavy (non-hydrogen) atoms. The van der Waals surface area contributed by atoms with E-state index in [2.05, 4.69) is 10.6 Å². The van der Waals surface area contributed by atoms with E-state index in [4.69, 9.17) is 9.47 Å². The first-order chi connectivity index (χ1) is 40.6. The third-order valence-corrected chi connectivity index (χ3v) is 15.3. The van der Waals surface area contributed by atoms with Crippen LogP contribution in [0.4, 0.5) is 149 Å². The standard InChI is InChI=1S/C50H50F34N2O4S2/c1-9-26-16-22(2)30(27(18-26)20-91-14-10-35(51,52)37(55,56)39(59,60)41(63,64)43(67,68)45(71,72)47(75,76)49(79,80)81)89-24(4)32(87)85-12-13-86-33(88)25(5)90-31-23(3)17-29(34(6,7)8)19-28(31)21-92-15-11-36(53,54)38(57,58)40(61,62)42(65,66)44(69,70)46(73,74)48(77,78)50(82,83)84/h16-19,24-25H,9-15,20-21H2,1-8H3,(H,85,87)(H,86,88). The number of carbonyl (C=O) groups excluding carboxylic acids is 2. The molecule has 534 valence electrons. The predicted octanol–water partition coefficient (Wildman–Crippen LogP) is 17.9. The molecule has 0 aliphatic carbocycles. The van der Waals surface area contributed by atoms with Crippen molar-refractivity contribution in [1.29, 1.82) is 0 Å². The SMILES string of the molecule is CCc1cc(C)c(OC(C)C(=O)NCCNC(=O)C(C)Oc2c(C)cc(C(C)(C)C)cc2CSCCC(F)(F)C(F)(F)C(F)(F)C(F)(F)C(F)(F)C(F)(F)C(F)(F)C(F)(F)F)c(CSCCC(F)(F)C(F)(F)C(F)(F)C(F)(F)C(F)(F)C(F)(F)C(F)(F)C(F)(F)F)c1. The number of nitrogens with one attached hydrogen (secondary N) is 2. The Hall–Kier alpha value is -4.70. The maximum Gasteiger partial charge on any atom is 0.460 e. The number of thioether (sulfide) groups is 2. The number of rotatable bonds is 32. The molecule has 2 rings (SSSR count). The van der Waals surface area contributed by atoms with E-state index in [1.807, 2.05) is 0 Å². The summed E-state index contributed by atoms with van der Waals surface area (Å²) in [7, 11) is 0. The molecule has 2 N–H and O–H groups in total. The lowest BCUT2D eigenvalue weighted by Gasteiger charge is -2.42. The van der Waals surface area contributed by atoms with E-state index >= 15 is 0 Å². The first-order valence-corrected chi connectivity index (χ1v) is 27.7. The fourth-order valence-electron chi connectivity index (χ4n) is 7.55. The van der Waals surface area contributed by atoms with Crippen molar-refractivity contribution in [1.82, 2.24) is 10.6 Å². The van der Waals surface area contributed by atoms with Gasteiger partial charge in [0.05, 0.1) is 0 Å². The minimum atomic E-state index is -8.80. The molecule has 0 saturated carbocycles. The summed E-state index contributed by atoms with van der Waals surface area (Å²) in [6.07, 6.45) is -24.3. The van der Waals surface area contributed by atoms with Gasteiger partial charge in [-0.2, -0.15) is 173 Å². The highest BCUT2D eigenvalue weighted by Gasteiger charge is 2.97. The Labute approximate surface area is 506 Å². The van der Waals surface area contributed by atoms with Crippen LogP contribution in [0.15, 0.2) is 24.3 Å². The number of ether oxygens (including phenoxy) is 2. The van der Waals surface area contributed by atoms with Crippen LogP contribution in [0.1, 0.15) is 87.8 Å². The number of halogens is 34. The lowest BCUT2D eigenvalue weighted by molar-refractivity contribution is -0.461. The van der Waals surface area contributed by atoms with Gasteiger partial charge in [-0.15, -0.1) is 0 Å². The van der Waals surface area contributed by atoms with Gasteiger partial charge in [-0.1, -0.05) is 52.0 Å². The van der Waals surface area contributed by atoms with Crippen LogP contribution < -0.4 is 20.1 Å². The van der Waals surface area contributed by atoms with Crippen LogP contribution in [0.5, 0.6) is 11.5 Å². The molecule has 42 heteroatoms. The number of hydrogen-bond donors (Lipinski definition) is 2. The Morgan fingerprint density at radius 2 is 0.685 bits per heavy atom. The second kappa shape index (κ2) is 27.1. The molecule has 0 aliphatic heterocycles. The predicted molar refractivity (Wildman–Crippen MR) is 260 cm³/mol. The first-order valence-electron chi connectivity index (χ1n) is 25.3. The molecule has 2 unspecified atom stereocenters. The number of alkyl halides is 34. The quantitative estimate of drug-likeness (QED) is 0.0562. The van der Waals surface area contributed by atoms with Crippen LogP contribution in [-0.2, 0) is 32.9 Å². The molecule has 0 fully saturated rings. The molecule has 2 aromatic rings. The first kappa shape index (κ1) is 83.4. The number of benzene rings is 2. The molecule has 2 amide bonds. The van der Waals surface area contributed by atoms with Crippen LogP contribution >= 0.6 is 23.5 Å². The Morgan fingerprint density at radius 3 is 0.967 bits per heavy atom. The van der Waals surface area contributed by atoms with E-state index in [9.17, 15) is 159 Å². The van der Waals surface area contributed by atoms with Gasteiger partial charge in [-0.25, -0.2) is 0 Å². The van der Waals surface area contributed by atoms with Crippen molar-refractivity contribution in [2.24, 2.45) is 0 Å². The average molecular weight is 1450 g/mol. The Morgan fingerprint density at radius 1 is 0.413 bits per heavy atom. The van der Waals surface area contributed by atoms with Crippen LogP contribution in [0.3, 0.4) is 0 Å². The summed E-state index contributed by atoms with van der Waals surface area (Å²) in [6.45, 7) is 10.3. The monoisotopic (exact) mass is 1450 g/mol. The minimum absolute atomic E-state index is 0.0655. The van der Waals surface area contributed by atoms with Gasteiger partial charge in [0.2, 0.25) is 0 Å². The maximum absolute atomic E-state index is 14.7. The van der Waals surface area contributed by atoms with Crippen LogP contribution in [-0.4, -0.2) is 144 Å². The second-order valence-electron chi connectivity index (χ2n) is 21.3. The summed E-state index contributed by atoms with van der Waals surface area (Å²) in [5.74, 6) is -122. The summed E-state index contributed by atoms with van der Waals surface area (Å²) in [5, 5.41) is 4.59. The summed E-state index contributed by atoms with van der Waals surface area (Å²) < 4.78 is 480. The number of carbonyl (C=O) groups is 2. The summed E-state index contributed by atoms with van der Waals surface area (Å²) in [6, 6.07) is 5.40. The van der Waals surface area contributed by atoms with E-state index < -0.39 is 174 Å². The van der Waals surface area contributed by atoms with Crippen molar-refractivity contribution >= 4 is 35.3 Å². The van der Waals surface area contributed by atoms with Gasteiger partial charge in [0.25, 0.3) is 11.8 Å². The van der Waals surface area contributed by atoms with Gasteiger partial charge in [0, 0.05) is 48.6 Å². The molecular weight excluding hydrogens is 1400 g/mol. The van der Waals surface area contributed by atoms with E-state index in [0.29, 0.717) is 11.1 Å². The molecule has 2 aromatic carbocycles. The molecule has 0 aromatic heterocycles. The van der Waals surface area contributed by atoms with Gasteiger partial charge in [-0.3, -0.25) is 9.59 Å². The topological polar surface area (TPSA) is 76.7 Å². The highest BCUT2D eigenvalue weighted by Crippen LogP contribution is 2.66. The number of aryl methyl sites for hydroxylation is 3. The molecule has 0 heterocycles. The van der Waals surface area contributed by atoms with Crippen LogP contribution in [0.25, 0.3) is 0 Å². The zero-order chi connectivity index (χ0) is 72.9. The van der Waals surface area contributed by atoms with E-state index in [0.717, 1.165) is 13.8 Å². The van der Waals surface area contributed by atoms with Gasteiger partial charge in [-0.05, 0) is 73.3 Å². The minimum Gasteiger partial charge on any atom is -0.480 e. The van der Waals surface area contributed by atoms with Crippen molar-refractivity contribution in [2.75, 3.05) is 24.6 Å². The van der Waals surface area contributed by atoms with Crippen molar-refractivity contribution in [3.05, 3.63) is 57.6 Å². The lowest BCUT2D eigenvalue weighted by atomic mass is 9.85. The highest BCUT2D eigenvalue weighted by molar-refractivity contribution is 7.98. The lowest BCUT2D eigenvalue weighted by Crippen LogP contribution is -2.74. The Bertz CT molecular complexity index is 2890. The normalized spacial score (nSPS) is 15.5. The smallest absolute Gasteiger partial charge is 0.460 e. The van der Waals surface area contributed by atoms with E-state index in [-0.39, 0.29) is 63.7 Å². The maximum atomic E-state index is 14.7. The van der Waals surface area contributed by atoms with Crippen LogP contribution in [0.2, 0.25) is 0 Å². The third kappa shape index (κ3) is 15.1. The summed E-state index contributed by atoms with van der Waals surface area (Å²) in [4.78, 5) is 26.2. The number of hydrogen-bond acceptors (Lipinski definition) is 6. The van der Waals surface area contributed by atoms with Gasteiger partial charge in [0.1, 0.15) is 11.5 Å². The summed E-state index contributed by atoms with van der Waals surface area (Å²) >= 11 is 0.131. The Kier molecular flexibility index (Phi) is 24.5. The molecule has 0 aliphatic rings. The molecule has 0 radical (unpaired) electrons. The largest absolute Gasteiger partial charge is 0.480 e. The van der Waals surface area contributed by atoms with Crippen molar-refractivity contribution in [3.63, 3.8) is 0 Å². The van der Waals surface area contributed by atoms with E-state index in [1.165, 1.54) is 38.1 Å². The van der Waals surface area contributed by atoms with Crippen molar-refractivity contribution in [3.8, 4) is 11.5 Å². The molecule has 0 spiro atoms. The van der Waals surface area contributed by atoms with Crippen molar-refractivity contribution < 1.29 is 168 Å². The average Bonchev–Trinajstić information content (AvgIpc) is 0.703. The van der Waals surface area contributed by atoms with Gasteiger partial charge < -0.3 is 20.1 Å². The highest BCUT2D eigenvalue weighted by atomic mass is 32.2. The van der Waals surface area contributed by atoms with Gasteiger partial charge in [0.15, 0.2) is 12.2 Å². The Balaban J connectivity index is 2.22. The molecule has 6 nitrogen and oxygen atoms in total.